The normalized spacial score (nSPS) is 11.8. The molecular weight excluding hydrogens is 226 g/mol. The number of benzene rings is 1. The number of hydrogen-bond acceptors (Lipinski definition) is 3. The average Bonchev–Trinajstić information content (AvgIpc) is 2.31. The van der Waals surface area contributed by atoms with E-state index < -0.39 is 5.54 Å². The highest BCUT2D eigenvalue weighted by Crippen LogP contribution is 2.30. The Hall–Kier alpha value is -1.35. The van der Waals surface area contributed by atoms with Gasteiger partial charge in [0.25, 0.3) is 0 Å². The van der Waals surface area contributed by atoms with Crippen LogP contribution >= 0.6 is 0 Å². The molecule has 0 aliphatic heterocycles. The van der Waals surface area contributed by atoms with Gasteiger partial charge < -0.3 is 4.74 Å². The van der Waals surface area contributed by atoms with Gasteiger partial charge in [0.15, 0.2) is 5.78 Å². The molecule has 0 N–H and O–H groups in total. The van der Waals surface area contributed by atoms with E-state index in [-0.39, 0.29) is 5.78 Å². The Labute approximate surface area is 110 Å². The second-order valence-electron chi connectivity index (χ2n) is 5.37. The minimum Gasteiger partial charge on any atom is -0.496 e. The van der Waals surface area contributed by atoms with Crippen LogP contribution in [-0.2, 0) is 0 Å². The first-order valence-corrected chi connectivity index (χ1v) is 6.10. The van der Waals surface area contributed by atoms with E-state index in [0.29, 0.717) is 11.3 Å². The van der Waals surface area contributed by atoms with Crippen molar-refractivity contribution in [1.29, 1.82) is 0 Å². The Morgan fingerprint density at radius 1 is 1.22 bits per heavy atom. The fourth-order valence-corrected chi connectivity index (χ4v) is 1.76. The second kappa shape index (κ2) is 5.11. The van der Waals surface area contributed by atoms with Gasteiger partial charge in [-0.15, -0.1) is 0 Å². The Morgan fingerprint density at radius 3 is 2.22 bits per heavy atom. The van der Waals surface area contributed by atoms with Crippen LogP contribution in [0.15, 0.2) is 12.1 Å². The molecular formula is C15H23NO2. The summed E-state index contributed by atoms with van der Waals surface area (Å²) in [7, 11) is 5.43. The first-order valence-electron chi connectivity index (χ1n) is 6.10. The topological polar surface area (TPSA) is 29.5 Å². The van der Waals surface area contributed by atoms with Gasteiger partial charge in [0.1, 0.15) is 5.75 Å². The van der Waals surface area contributed by atoms with Crippen molar-refractivity contribution in [2.45, 2.75) is 33.2 Å². The number of nitrogens with zero attached hydrogens (tertiary/aromatic N) is 1. The zero-order valence-corrected chi connectivity index (χ0v) is 12.4. The van der Waals surface area contributed by atoms with Crippen molar-refractivity contribution >= 4 is 5.78 Å². The van der Waals surface area contributed by atoms with E-state index in [0.717, 1.165) is 11.1 Å². The Balaban J connectivity index is 3.35. The third-order valence-electron chi connectivity index (χ3n) is 3.80. The highest BCUT2D eigenvalue weighted by molar-refractivity contribution is 6.05. The van der Waals surface area contributed by atoms with Crippen molar-refractivity contribution in [3.63, 3.8) is 0 Å². The molecule has 0 atom stereocenters. The van der Waals surface area contributed by atoms with Crippen molar-refractivity contribution in [3.05, 3.63) is 28.8 Å². The van der Waals surface area contributed by atoms with E-state index in [1.54, 1.807) is 7.11 Å². The van der Waals surface area contributed by atoms with Gasteiger partial charge in [0.2, 0.25) is 0 Å². The highest BCUT2D eigenvalue weighted by Gasteiger charge is 2.33. The molecule has 0 unspecified atom stereocenters. The Kier molecular flexibility index (Phi) is 4.17. The largest absolute Gasteiger partial charge is 0.496 e. The Morgan fingerprint density at radius 2 is 1.78 bits per heavy atom. The Bertz CT molecular complexity index is 462. The minimum absolute atomic E-state index is 0.0763. The summed E-state index contributed by atoms with van der Waals surface area (Å²) in [4.78, 5) is 14.6. The summed E-state index contributed by atoms with van der Waals surface area (Å²) < 4.78 is 5.41. The fourth-order valence-electron chi connectivity index (χ4n) is 1.76. The van der Waals surface area contributed by atoms with Crippen LogP contribution in [0.4, 0.5) is 0 Å². The highest BCUT2D eigenvalue weighted by atomic mass is 16.5. The van der Waals surface area contributed by atoms with E-state index in [1.165, 1.54) is 0 Å². The third-order valence-corrected chi connectivity index (χ3v) is 3.80. The van der Waals surface area contributed by atoms with Gasteiger partial charge in [-0.25, -0.2) is 0 Å². The fraction of sp³-hybridized carbons (Fsp3) is 0.533. The lowest BCUT2D eigenvalue weighted by Gasteiger charge is -2.31. The van der Waals surface area contributed by atoms with Gasteiger partial charge >= 0.3 is 0 Å². The van der Waals surface area contributed by atoms with E-state index in [9.17, 15) is 4.79 Å². The number of rotatable bonds is 4. The molecule has 0 saturated carbocycles. The van der Waals surface area contributed by atoms with Crippen molar-refractivity contribution in [2.24, 2.45) is 0 Å². The van der Waals surface area contributed by atoms with Gasteiger partial charge in [0.05, 0.1) is 18.2 Å². The van der Waals surface area contributed by atoms with Crippen LogP contribution in [0, 0.1) is 13.8 Å². The smallest absolute Gasteiger partial charge is 0.186 e. The number of carbonyl (C=O) groups is 1. The summed E-state index contributed by atoms with van der Waals surface area (Å²) in [6, 6.07) is 3.82. The number of ketones is 1. The number of carbonyl (C=O) groups excluding carboxylic acids is 1. The van der Waals surface area contributed by atoms with Crippen LogP contribution < -0.4 is 4.74 Å². The summed E-state index contributed by atoms with van der Waals surface area (Å²) in [6.07, 6.45) is 0. The first-order chi connectivity index (χ1) is 8.23. The minimum atomic E-state index is -0.547. The maximum absolute atomic E-state index is 12.6. The lowest BCUT2D eigenvalue weighted by atomic mass is 9.89. The molecule has 0 aliphatic rings. The monoisotopic (exact) mass is 249 g/mol. The quantitative estimate of drug-likeness (QED) is 0.768. The van der Waals surface area contributed by atoms with E-state index in [2.05, 4.69) is 0 Å². The van der Waals surface area contributed by atoms with E-state index in [4.69, 9.17) is 4.74 Å². The molecule has 0 heterocycles. The molecule has 100 valence electrons. The van der Waals surface area contributed by atoms with Gasteiger partial charge in [-0.05, 0) is 59.0 Å². The van der Waals surface area contributed by atoms with E-state index >= 15 is 0 Å². The molecule has 0 aliphatic carbocycles. The van der Waals surface area contributed by atoms with Crippen molar-refractivity contribution in [2.75, 3.05) is 21.2 Å². The summed E-state index contributed by atoms with van der Waals surface area (Å²) in [5.41, 5.74) is 2.26. The van der Waals surface area contributed by atoms with Crippen LogP contribution in [-0.4, -0.2) is 37.4 Å². The van der Waals surface area contributed by atoms with Crippen LogP contribution in [0.25, 0.3) is 0 Å². The van der Waals surface area contributed by atoms with E-state index in [1.807, 2.05) is 58.8 Å². The first kappa shape index (κ1) is 14.7. The van der Waals surface area contributed by atoms with Crippen LogP contribution in [0.2, 0.25) is 0 Å². The summed E-state index contributed by atoms with van der Waals surface area (Å²) >= 11 is 0. The van der Waals surface area contributed by atoms with Crippen LogP contribution in [0.5, 0.6) is 5.75 Å². The second-order valence-corrected chi connectivity index (χ2v) is 5.37. The molecule has 0 amide bonds. The lowest BCUT2D eigenvalue weighted by molar-refractivity contribution is 0.0752. The lowest BCUT2D eigenvalue weighted by Crippen LogP contribution is -2.45. The van der Waals surface area contributed by atoms with Crippen molar-refractivity contribution in [3.8, 4) is 5.75 Å². The van der Waals surface area contributed by atoms with Gasteiger partial charge in [0, 0.05) is 0 Å². The number of likely N-dealkylation sites (N-methyl/N-ethyl adjacent to an activating group) is 1. The number of methoxy groups -OCH3 is 1. The third kappa shape index (κ3) is 2.41. The summed E-state index contributed by atoms with van der Waals surface area (Å²) in [5, 5.41) is 0. The van der Waals surface area contributed by atoms with Gasteiger partial charge in [-0.2, -0.15) is 0 Å². The molecule has 3 nitrogen and oxygen atoms in total. The molecule has 0 radical (unpaired) electrons. The number of hydrogen-bond donors (Lipinski definition) is 0. The zero-order valence-electron chi connectivity index (χ0n) is 12.4. The molecule has 1 rings (SSSR count). The maximum Gasteiger partial charge on any atom is 0.186 e. The maximum atomic E-state index is 12.6. The zero-order chi connectivity index (χ0) is 14.1. The van der Waals surface area contributed by atoms with Crippen LogP contribution in [0.1, 0.15) is 35.3 Å². The standard InChI is InChI=1S/C15H23NO2/c1-10-8-9-12(13(18-7)11(10)2)14(17)15(3,4)16(5)6/h8-9H,1-7H3. The molecule has 1 aromatic rings. The molecule has 0 saturated heterocycles. The van der Waals surface area contributed by atoms with Crippen molar-refractivity contribution < 1.29 is 9.53 Å². The molecule has 0 aromatic heterocycles. The molecule has 3 heteroatoms. The number of Topliss-reactive ketones (excluding diaryl/α,β-unsaturated/α-hetero) is 1. The number of ether oxygens (including phenoxy) is 1. The molecule has 1 aromatic carbocycles. The summed E-state index contributed by atoms with van der Waals surface area (Å²) in [6.45, 7) is 7.84. The van der Waals surface area contributed by atoms with Gasteiger partial charge in [-0.3, -0.25) is 9.69 Å². The summed E-state index contributed by atoms with van der Waals surface area (Å²) in [5.74, 6) is 0.766. The number of aryl methyl sites for hydroxylation is 1. The molecule has 0 fully saturated rings. The SMILES string of the molecule is COc1c(C(=O)C(C)(C)N(C)C)ccc(C)c1C. The predicted octanol–water partition coefficient (Wildman–Crippen LogP) is 2.83. The van der Waals surface area contributed by atoms with Crippen molar-refractivity contribution in [1.82, 2.24) is 4.90 Å². The molecule has 18 heavy (non-hydrogen) atoms. The predicted molar refractivity (Wildman–Crippen MR) is 74.6 cm³/mol. The molecule has 0 bridgehead atoms. The molecule has 0 spiro atoms. The van der Waals surface area contributed by atoms with Crippen LogP contribution in [0.3, 0.4) is 0 Å². The van der Waals surface area contributed by atoms with Gasteiger partial charge in [-0.1, -0.05) is 6.07 Å². The average molecular weight is 249 g/mol.